The maximum atomic E-state index is 11.5. The molecule has 0 fully saturated rings. The van der Waals surface area contributed by atoms with Gasteiger partial charge in [0.05, 0.1) is 17.7 Å². The Labute approximate surface area is 123 Å². The van der Waals surface area contributed by atoms with Crippen LogP contribution in [0.2, 0.25) is 0 Å². The number of nitrogens with zero attached hydrogens (tertiary/aromatic N) is 2. The third-order valence-corrected chi connectivity index (χ3v) is 3.05. The van der Waals surface area contributed by atoms with Gasteiger partial charge in [-0.25, -0.2) is 4.79 Å². The fraction of sp³-hybridized carbons (Fsp3) is 0.176. The molecule has 0 spiro atoms. The molecule has 0 bridgehead atoms. The van der Waals surface area contributed by atoms with E-state index in [4.69, 9.17) is 10.00 Å². The van der Waals surface area contributed by atoms with Crippen LogP contribution in [0.25, 0.3) is 17.1 Å². The van der Waals surface area contributed by atoms with Gasteiger partial charge in [0.2, 0.25) is 0 Å². The molecule has 4 heteroatoms. The number of ether oxygens (including phenoxy) is 1. The highest BCUT2D eigenvalue weighted by Gasteiger charge is 2.05. The lowest BCUT2D eigenvalue weighted by Gasteiger charge is -1.99. The van der Waals surface area contributed by atoms with Crippen LogP contribution in [-0.4, -0.2) is 17.1 Å². The van der Waals surface area contributed by atoms with Crippen molar-refractivity contribution in [2.24, 2.45) is 0 Å². The van der Waals surface area contributed by atoms with Crippen LogP contribution < -0.4 is 0 Å². The van der Waals surface area contributed by atoms with Crippen molar-refractivity contribution < 1.29 is 9.53 Å². The fourth-order valence-electron chi connectivity index (χ4n) is 2.01. The summed E-state index contributed by atoms with van der Waals surface area (Å²) in [4.78, 5) is 11.5. The molecule has 0 aliphatic carbocycles. The van der Waals surface area contributed by atoms with Gasteiger partial charge in [0.1, 0.15) is 6.07 Å². The molecule has 21 heavy (non-hydrogen) atoms. The number of fused-ring (bicyclic) bond motifs is 1. The summed E-state index contributed by atoms with van der Waals surface area (Å²) in [6, 6.07) is 9.87. The molecule has 2 aromatic rings. The number of carbonyl (C=O) groups is 1. The van der Waals surface area contributed by atoms with Crippen LogP contribution >= 0.6 is 0 Å². The monoisotopic (exact) mass is 280 g/mol. The van der Waals surface area contributed by atoms with Crippen LogP contribution in [0.4, 0.5) is 0 Å². The molecule has 1 aromatic heterocycles. The highest BCUT2D eigenvalue weighted by atomic mass is 16.5. The van der Waals surface area contributed by atoms with Gasteiger partial charge in [0.15, 0.2) is 0 Å². The largest absolute Gasteiger partial charge is 0.463 e. The Kier molecular flexibility index (Phi) is 4.57. The SMILES string of the molecule is CCOC(=O)/C(C)=C/C=Cn1cc(C#N)c2ccccc21. The first-order valence-corrected chi connectivity index (χ1v) is 6.69. The van der Waals surface area contributed by atoms with Crippen LogP contribution in [0.1, 0.15) is 19.4 Å². The Morgan fingerprint density at radius 2 is 2.19 bits per heavy atom. The molecule has 2 rings (SSSR count). The van der Waals surface area contributed by atoms with Crippen molar-refractivity contribution >= 4 is 23.1 Å². The number of para-hydroxylation sites is 1. The summed E-state index contributed by atoms with van der Waals surface area (Å²) in [6.07, 6.45) is 7.04. The van der Waals surface area contributed by atoms with Crippen molar-refractivity contribution in [3.63, 3.8) is 0 Å². The summed E-state index contributed by atoms with van der Waals surface area (Å²) < 4.78 is 6.77. The molecule has 0 atom stereocenters. The summed E-state index contributed by atoms with van der Waals surface area (Å²) >= 11 is 0. The zero-order chi connectivity index (χ0) is 15.2. The average molecular weight is 280 g/mol. The lowest BCUT2D eigenvalue weighted by atomic mass is 10.2. The van der Waals surface area contributed by atoms with E-state index in [9.17, 15) is 4.79 Å². The number of esters is 1. The van der Waals surface area contributed by atoms with Crippen molar-refractivity contribution in [2.75, 3.05) is 6.61 Å². The van der Waals surface area contributed by atoms with E-state index in [0.29, 0.717) is 17.7 Å². The number of hydrogen-bond acceptors (Lipinski definition) is 3. The van der Waals surface area contributed by atoms with E-state index in [1.54, 1.807) is 32.2 Å². The van der Waals surface area contributed by atoms with Gasteiger partial charge in [-0.3, -0.25) is 0 Å². The number of allylic oxidation sites excluding steroid dienone is 2. The standard InChI is InChI=1S/C17H16N2O2/c1-3-21-17(20)13(2)7-6-10-19-12-14(11-18)15-8-4-5-9-16(15)19/h4-10,12H,3H2,1-2H3/b10-6?,13-7+. The maximum Gasteiger partial charge on any atom is 0.333 e. The van der Waals surface area contributed by atoms with Gasteiger partial charge >= 0.3 is 5.97 Å². The quantitative estimate of drug-likeness (QED) is 0.489. The van der Waals surface area contributed by atoms with Crippen molar-refractivity contribution in [1.82, 2.24) is 4.57 Å². The molecule has 0 radical (unpaired) electrons. The van der Waals surface area contributed by atoms with Crippen LogP contribution in [0.3, 0.4) is 0 Å². The second kappa shape index (κ2) is 6.58. The van der Waals surface area contributed by atoms with Gasteiger partial charge in [0.25, 0.3) is 0 Å². The second-order valence-corrected chi connectivity index (χ2v) is 4.49. The molecule has 0 saturated heterocycles. The second-order valence-electron chi connectivity index (χ2n) is 4.49. The molecule has 0 aliphatic rings. The number of aromatic nitrogens is 1. The first kappa shape index (κ1) is 14.6. The predicted molar refractivity (Wildman–Crippen MR) is 82.4 cm³/mol. The van der Waals surface area contributed by atoms with Crippen LogP contribution in [-0.2, 0) is 9.53 Å². The normalized spacial score (nSPS) is 11.8. The van der Waals surface area contributed by atoms with Crippen molar-refractivity contribution in [2.45, 2.75) is 13.8 Å². The lowest BCUT2D eigenvalue weighted by Crippen LogP contribution is -2.04. The molecule has 0 amide bonds. The van der Waals surface area contributed by atoms with Gasteiger partial charge in [-0.15, -0.1) is 0 Å². The molecule has 0 saturated carbocycles. The van der Waals surface area contributed by atoms with E-state index in [1.165, 1.54) is 0 Å². The van der Waals surface area contributed by atoms with Crippen LogP contribution in [0.15, 0.2) is 48.2 Å². The Balaban J connectivity index is 2.28. The Bertz CT molecular complexity index is 761. The smallest absolute Gasteiger partial charge is 0.333 e. The summed E-state index contributed by atoms with van der Waals surface area (Å²) in [6.45, 7) is 3.84. The predicted octanol–water partition coefficient (Wildman–Crippen LogP) is 3.49. The molecule has 0 N–H and O–H groups in total. The third kappa shape index (κ3) is 3.21. The molecule has 106 valence electrons. The van der Waals surface area contributed by atoms with Crippen molar-refractivity contribution in [3.05, 3.63) is 53.8 Å². The van der Waals surface area contributed by atoms with E-state index < -0.39 is 0 Å². The van der Waals surface area contributed by atoms with E-state index in [0.717, 1.165) is 10.9 Å². The number of nitriles is 1. The summed E-state index contributed by atoms with van der Waals surface area (Å²) in [5, 5.41) is 10.0. The molecule has 1 heterocycles. The third-order valence-electron chi connectivity index (χ3n) is 3.05. The van der Waals surface area contributed by atoms with E-state index in [-0.39, 0.29) is 5.97 Å². The number of hydrogen-bond donors (Lipinski definition) is 0. The van der Waals surface area contributed by atoms with Gasteiger partial charge in [-0.1, -0.05) is 24.3 Å². The van der Waals surface area contributed by atoms with E-state index in [1.807, 2.05) is 35.0 Å². The van der Waals surface area contributed by atoms with E-state index in [2.05, 4.69) is 6.07 Å². The molecular weight excluding hydrogens is 264 g/mol. The summed E-state index contributed by atoms with van der Waals surface area (Å²) in [5.74, 6) is -0.322. The number of rotatable bonds is 4. The van der Waals surface area contributed by atoms with Gasteiger partial charge in [0, 0.05) is 23.4 Å². The maximum absolute atomic E-state index is 11.5. The molecule has 0 aliphatic heterocycles. The minimum absolute atomic E-state index is 0.322. The zero-order valence-electron chi connectivity index (χ0n) is 12.0. The topological polar surface area (TPSA) is 55.0 Å². The van der Waals surface area contributed by atoms with Gasteiger partial charge in [-0.2, -0.15) is 5.26 Å². The van der Waals surface area contributed by atoms with Crippen LogP contribution in [0.5, 0.6) is 0 Å². The average Bonchev–Trinajstić information content (AvgIpc) is 2.86. The Hall–Kier alpha value is -2.80. The molecule has 0 unspecified atom stereocenters. The zero-order valence-corrected chi connectivity index (χ0v) is 12.0. The highest BCUT2D eigenvalue weighted by Crippen LogP contribution is 2.20. The summed E-state index contributed by atoms with van der Waals surface area (Å²) in [5.41, 5.74) is 2.11. The van der Waals surface area contributed by atoms with Crippen LogP contribution in [0, 0.1) is 11.3 Å². The van der Waals surface area contributed by atoms with Crippen molar-refractivity contribution in [3.8, 4) is 6.07 Å². The molecule has 4 nitrogen and oxygen atoms in total. The fourth-order valence-corrected chi connectivity index (χ4v) is 2.01. The first-order valence-electron chi connectivity index (χ1n) is 6.69. The minimum atomic E-state index is -0.322. The Morgan fingerprint density at radius 1 is 1.43 bits per heavy atom. The lowest BCUT2D eigenvalue weighted by molar-refractivity contribution is -0.138. The van der Waals surface area contributed by atoms with Crippen molar-refractivity contribution in [1.29, 1.82) is 5.26 Å². The Morgan fingerprint density at radius 3 is 2.90 bits per heavy atom. The van der Waals surface area contributed by atoms with E-state index >= 15 is 0 Å². The number of benzene rings is 1. The minimum Gasteiger partial charge on any atom is -0.463 e. The number of carbonyl (C=O) groups excluding carboxylic acids is 1. The van der Waals surface area contributed by atoms with Gasteiger partial charge < -0.3 is 9.30 Å². The first-order chi connectivity index (χ1) is 10.2. The highest BCUT2D eigenvalue weighted by molar-refractivity contribution is 5.89. The van der Waals surface area contributed by atoms with Gasteiger partial charge in [-0.05, 0) is 26.0 Å². The summed E-state index contributed by atoms with van der Waals surface area (Å²) in [7, 11) is 0. The molecular formula is C17H16N2O2. The molecule has 1 aromatic carbocycles.